The van der Waals surface area contributed by atoms with Crippen molar-refractivity contribution in [3.63, 3.8) is 0 Å². The normalized spacial score (nSPS) is 13.7. The van der Waals surface area contributed by atoms with Gasteiger partial charge in [-0.25, -0.2) is 4.79 Å². The number of hydrogen-bond acceptors (Lipinski definition) is 3. The smallest absolute Gasteiger partial charge is 0.405 e. The summed E-state index contributed by atoms with van der Waals surface area (Å²) in [6.45, 7) is 5.80. The van der Waals surface area contributed by atoms with E-state index in [1.54, 1.807) is 0 Å². The molecule has 2 amide bonds. The molecule has 3 N–H and O–H groups in total. The van der Waals surface area contributed by atoms with Crippen LogP contribution in [0.15, 0.2) is 0 Å². The highest BCUT2D eigenvalue weighted by Gasteiger charge is 2.23. The van der Waals surface area contributed by atoms with Crippen molar-refractivity contribution in [3.05, 3.63) is 0 Å². The van der Waals surface area contributed by atoms with Gasteiger partial charge in [-0.15, -0.1) is 0 Å². The van der Waals surface area contributed by atoms with Crippen molar-refractivity contribution < 1.29 is 19.5 Å². The maximum absolute atomic E-state index is 12.0. The van der Waals surface area contributed by atoms with E-state index in [2.05, 4.69) is 10.6 Å². The van der Waals surface area contributed by atoms with E-state index < -0.39 is 24.1 Å². The zero-order chi connectivity index (χ0) is 14.8. The first-order valence-corrected chi connectivity index (χ1v) is 6.65. The van der Waals surface area contributed by atoms with Gasteiger partial charge in [0, 0.05) is 0 Å². The number of amides is 2. The second kappa shape index (κ2) is 9.35. The second-order valence-corrected chi connectivity index (χ2v) is 5.03. The van der Waals surface area contributed by atoms with Crippen molar-refractivity contribution in [3.8, 4) is 0 Å². The monoisotopic (exact) mass is 272 g/mol. The number of unbranched alkanes of at least 4 members (excludes halogenated alkanes) is 1. The average Bonchev–Trinajstić information content (AvgIpc) is 2.32. The predicted octanol–water partition coefficient (Wildman–Crippen LogP) is 1.54. The molecule has 2 atom stereocenters. The van der Waals surface area contributed by atoms with Crippen LogP contribution in [0.1, 0.15) is 46.5 Å². The van der Waals surface area contributed by atoms with E-state index in [0.717, 1.165) is 12.8 Å². The standard InChI is InChI=1S/C13H24N2O4/c1-4-5-6-10(8-16)14-12(17)11(7-9(2)3)15-13(18)19/h8-11,15H,4-7H2,1-3H3,(H,14,17)(H,18,19). The lowest BCUT2D eigenvalue weighted by atomic mass is 10.0. The van der Waals surface area contributed by atoms with Crippen molar-refractivity contribution in [2.75, 3.05) is 0 Å². The summed E-state index contributed by atoms with van der Waals surface area (Å²) in [4.78, 5) is 33.5. The number of carbonyl (C=O) groups excluding carboxylic acids is 2. The maximum Gasteiger partial charge on any atom is 0.405 e. The highest BCUT2D eigenvalue weighted by molar-refractivity contribution is 5.87. The fraction of sp³-hybridized carbons (Fsp3) is 0.769. The van der Waals surface area contributed by atoms with E-state index >= 15 is 0 Å². The summed E-state index contributed by atoms with van der Waals surface area (Å²) < 4.78 is 0. The Morgan fingerprint density at radius 1 is 1.26 bits per heavy atom. The predicted molar refractivity (Wildman–Crippen MR) is 71.9 cm³/mol. The van der Waals surface area contributed by atoms with Crippen molar-refractivity contribution >= 4 is 18.3 Å². The van der Waals surface area contributed by atoms with Gasteiger partial charge in [0.1, 0.15) is 12.3 Å². The van der Waals surface area contributed by atoms with Crippen LogP contribution >= 0.6 is 0 Å². The van der Waals surface area contributed by atoms with Gasteiger partial charge in [-0.05, 0) is 18.8 Å². The Morgan fingerprint density at radius 3 is 2.32 bits per heavy atom. The molecule has 0 aromatic heterocycles. The molecule has 0 fully saturated rings. The molecule has 0 aliphatic heterocycles. The van der Waals surface area contributed by atoms with Gasteiger partial charge in [0.2, 0.25) is 5.91 Å². The molecular weight excluding hydrogens is 248 g/mol. The Kier molecular flexibility index (Phi) is 8.57. The van der Waals surface area contributed by atoms with Crippen molar-refractivity contribution in [1.29, 1.82) is 0 Å². The summed E-state index contributed by atoms with van der Waals surface area (Å²) in [7, 11) is 0. The molecule has 0 spiro atoms. The fourth-order valence-electron chi connectivity index (χ4n) is 1.73. The van der Waals surface area contributed by atoms with Crippen molar-refractivity contribution in [2.24, 2.45) is 5.92 Å². The molecule has 19 heavy (non-hydrogen) atoms. The summed E-state index contributed by atoms with van der Waals surface area (Å²) in [6, 6.07) is -1.36. The van der Waals surface area contributed by atoms with Crippen LogP contribution in [0, 0.1) is 5.92 Å². The van der Waals surface area contributed by atoms with Gasteiger partial charge in [-0.2, -0.15) is 0 Å². The highest BCUT2D eigenvalue weighted by Crippen LogP contribution is 2.06. The zero-order valence-corrected chi connectivity index (χ0v) is 11.8. The Hall–Kier alpha value is -1.59. The second-order valence-electron chi connectivity index (χ2n) is 5.03. The molecule has 0 saturated carbocycles. The van der Waals surface area contributed by atoms with Gasteiger partial charge in [0.15, 0.2) is 0 Å². The molecule has 0 aliphatic rings. The third-order valence-corrected chi connectivity index (χ3v) is 2.68. The van der Waals surface area contributed by atoms with Gasteiger partial charge in [-0.1, -0.05) is 33.6 Å². The fourth-order valence-corrected chi connectivity index (χ4v) is 1.73. The van der Waals surface area contributed by atoms with Crippen LogP contribution in [0.2, 0.25) is 0 Å². The van der Waals surface area contributed by atoms with E-state index in [1.165, 1.54) is 0 Å². The molecule has 2 unspecified atom stereocenters. The van der Waals surface area contributed by atoms with E-state index in [-0.39, 0.29) is 5.92 Å². The van der Waals surface area contributed by atoms with Gasteiger partial charge in [0.05, 0.1) is 6.04 Å². The summed E-state index contributed by atoms with van der Waals surface area (Å²) in [5.41, 5.74) is 0. The summed E-state index contributed by atoms with van der Waals surface area (Å²) in [6.07, 6.45) is 2.20. The minimum atomic E-state index is -1.24. The molecule has 0 aliphatic carbocycles. The molecule has 0 aromatic carbocycles. The molecule has 0 radical (unpaired) electrons. The number of aldehydes is 1. The number of nitrogens with one attached hydrogen (secondary N) is 2. The van der Waals surface area contributed by atoms with Crippen LogP contribution in [0.5, 0.6) is 0 Å². The lowest BCUT2D eigenvalue weighted by Gasteiger charge is -2.20. The SMILES string of the molecule is CCCCC(C=O)NC(=O)C(CC(C)C)NC(=O)O. The Balaban J connectivity index is 4.50. The van der Waals surface area contributed by atoms with Crippen molar-refractivity contribution in [2.45, 2.75) is 58.5 Å². The van der Waals surface area contributed by atoms with Crippen LogP contribution in [0.25, 0.3) is 0 Å². The molecule has 6 heteroatoms. The minimum absolute atomic E-state index is 0.174. The average molecular weight is 272 g/mol. The molecule has 110 valence electrons. The third kappa shape index (κ3) is 8.18. The molecular formula is C13H24N2O4. The van der Waals surface area contributed by atoms with Gasteiger partial charge in [-0.3, -0.25) is 4.79 Å². The quantitative estimate of drug-likeness (QED) is 0.555. The van der Waals surface area contributed by atoms with Gasteiger partial charge in [0.25, 0.3) is 0 Å². The molecule has 0 bridgehead atoms. The largest absolute Gasteiger partial charge is 0.465 e. The lowest BCUT2D eigenvalue weighted by molar-refractivity contribution is -0.126. The van der Waals surface area contributed by atoms with Crippen LogP contribution in [-0.4, -0.2) is 35.5 Å². The maximum atomic E-state index is 12.0. The number of carbonyl (C=O) groups is 3. The van der Waals surface area contributed by atoms with Gasteiger partial charge < -0.3 is 20.5 Å². The first-order chi connectivity index (χ1) is 8.90. The molecule has 0 heterocycles. The van der Waals surface area contributed by atoms with Crippen LogP contribution < -0.4 is 10.6 Å². The minimum Gasteiger partial charge on any atom is -0.465 e. The van der Waals surface area contributed by atoms with Crippen molar-refractivity contribution in [1.82, 2.24) is 10.6 Å². The first kappa shape index (κ1) is 17.4. The van der Waals surface area contributed by atoms with E-state index in [9.17, 15) is 14.4 Å². The zero-order valence-electron chi connectivity index (χ0n) is 11.8. The molecule has 6 nitrogen and oxygen atoms in total. The lowest BCUT2D eigenvalue weighted by Crippen LogP contribution is -2.50. The molecule has 0 saturated heterocycles. The first-order valence-electron chi connectivity index (χ1n) is 6.65. The van der Waals surface area contributed by atoms with Crippen LogP contribution in [-0.2, 0) is 9.59 Å². The third-order valence-electron chi connectivity index (χ3n) is 2.68. The summed E-state index contributed by atoms with van der Waals surface area (Å²) in [5.74, 6) is -0.266. The summed E-state index contributed by atoms with van der Waals surface area (Å²) >= 11 is 0. The Morgan fingerprint density at radius 2 is 1.89 bits per heavy atom. The van der Waals surface area contributed by atoms with Crippen LogP contribution in [0.3, 0.4) is 0 Å². The van der Waals surface area contributed by atoms with E-state index in [1.807, 2.05) is 20.8 Å². The molecule has 0 rings (SSSR count). The number of rotatable bonds is 9. The van der Waals surface area contributed by atoms with E-state index in [4.69, 9.17) is 5.11 Å². The topological polar surface area (TPSA) is 95.5 Å². The highest BCUT2D eigenvalue weighted by atomic mass is 16.4. The summed E-state index contributed by atoms with van der Waals surface area (Å²) in [5, 5.41) is 13.5. The molecule has 0 aromatic rings. The number of carboxylic acid groups (broad SMARTS) is 1. The Bertz CT molecular complexity index is 305. The number of hydrogen-bond donors (Lipinski definition) is 3. The van der Waals surface area contributed by atoms with Gasteiger partial charge >= 0.3 is 6.09 Å². The van der Waals surface area contributed by atoms with Crippen LogP contribution in [0.4, 0.5) is 4.79 Å². The van der Waals surface area contributed by atoms with E-state index in [0.29, 0.717) is 19.1 Å². The Labute approximate surface area is 113 Å².